The molecule has 2 aromatic rings. The Kier molecular flexibility index (Phi) is 5.56. The zero-order chi connectivity index (χ0) is 17.0. The van der Waals surface area contributed by atoms with Crippen molar-refractivity contribution in [3.05, 3.63) is 41.2 Å². The third kappa shape index (κ3) is 4.20. The van der Waals surface area contributed by atoms with Gasteiger partial charge in [0.15, 0.2) is 0 Å². The Labute approximate surface area is 140 Å². The van der Waals surface area contributed by atoms with E-state index in [4.69, 9.17) is 0 Å². The Morgan fingerprint density at radius 2 is 2.09 bits per heavy atom. The number of hydrogen-bond donors (Lipinski definition) is 2. The highest BCUT2D eigenvalue weighted by atomic mass is 32.2. The summed E-state index contributed by atoms with van der Waals surface area (Å²) in [6.45, 7) is 0. The lowest BCUT2D eigenvalue weighted by Gasteiger charge is -2.10. The number of nitrogens with one attached hydrogen (secondary N) is 1. The summed E-state index contributed by atoms with van der Waals surface area (Å²) in [6.07, 6.45) is 0. The van der Waals surface area contributed by atoms with Crippen molar-refractivity contribution in [1.82, 2.24) is 9.27 Å². The van der Waals surface area contributed by atoms with Gasteiger partial charge in [-0.3, -0.25) is 5.32 Å². The molecule has 6 nitrogen and oxygen atoms in total. The lowest BCUT2D eigenvalue weighted by molar-refractivity contribution is 0.0694. The number of benzene rings is 1. The maximum absolute atomic E-state index is 13.6. The van der Waals surface area contributed by atoms with Crippen LogP contribution in [0.2, 0.25) is 0 Å². The largest absolute Gasteiger partial charge is 0.477 e. The highest BCUT2D eigenvalue weighted by Gasteiger charge is 2.23. The first kappa shape index (κ1) is 17.2. The van der Waals surface area contributed by atoms with Gasteiger partial charge >= 0.3 is 12.0 Å². The lowest BCUT2D eigenvalue weighted by Crippen LogP contribution is -2.27. The highest BCUT2D eigenvalue weighted by molar-refractivity contribution is 7.98. The number of aromatic nitrogens is 1. The summed E-state index contributed by atoms with van der Waals surface area (Å²) >= 11 is 2.00. The number of carboxylic acid groups (broad SMARTS) is 1. The van der Waals surface area contributed by atoms with Crippen LogP contribution in [0.15, 0.2) is 29.3 Å². The molecular formula is C14H14FN3O3S2. The normalized spacial score (nSPS) is 10.4. The first-order valence-corrected chi connectivity index (χ1v) is 8.23. The van der Waals surface area contributed by atoms with Gasteiger partial charge in [0.2, 0.25) is 0 Å². The SMILES string of the molecule is CN(C)C(=O)Nc1snc(SCc2ccccc2F)c1C(=O)O. The zero-order valence-corrected chi connectivity index (χ0v) is 14.0. The number of halogens is 1. The van der Waals surface area contributed by atoms with Gasteiger partial charge in [0.05, 0.1) is 0 Å². The molecule has 0 atom stereocenters. The maximum atomic E-state index is 13.6. The molecule has 2 amide bonds. The van der Waals surface area contributed by atoms with E-state index in [1.165, 1.54) is 11.0 Å². The summed E-state index contributed by atoms with van der Waals surface area (Å²) < 4.78 is 17.7. The number of nitrogens with zero attached hydrogens (tertiary/aromatic N) is 2. The number of urea groups is 1. The van der Waals surface area contributed by atoms with Gasteiger partial charge in [-0.1, -0.05) is 30.0 Å². The van der Waals surface area contributed by atoms with Crippen LogP contribution in [-0.2, 0) is 5.75 Å². The van der Waals surface area contributed by atoms with E-state index < -0.39 is 12.0 Å². The molecule has 0 aliphatic rings. The van der Waals surface area contributed by atoms with E-state index in [-0.39, 0.29) is 27.2 Å². The van der Waals surface area contributed by atoms with Crippen molar-refractivity contribution in [2.45, 2.75) is 10.8 Å². The van der Waals surface area contributed by atoms with E-state index in [9.17, 15) is 19.1 Å². The van der Waals surface area contributed by atoms with Gasteiger partial charge in [0.25, 0.3) is 0 Å². The van der Waals surface area contributed by atoms with Gasteiger partial charge in [0.1, 0.15) is 21.4 Å². The first-order valence-electron chi connectivity index (χ1n) is 6.47. The summed E-state index contributed by atoms with van der Waals surface area (Å²) in [5.74, 6) is -1.30. The number of thioether (sulfide) groups is 1. The van der Waals surface area contributed by atoms with Gasteiger partial charge in [-0.2, -0.15) is 4.37 Å². The summed E-state index contributed by atoms with van der Waals surface area (Å²) in [6, 6.07) is 5.83. The van der Waals surface area contributed by atoms with E-state index in [1.54, 1.807) is 32.3 Å². The molecule has 1 aromatic carbocycles. The molecule has 0 spiro atoms. The Balaban J connectivity index is 2.19. The first-order chi connectivity index (χ1) is 10.9. The molecule has 1 aromatic heterocycles. The van der Waals surface area contributed by atoms with Crippen molar-refractivity contribution in [3.8, 4) is 0 Å². The van der Waals surface area contributed by atoms with Crippen molar-refractivity contribution in [2.24, 2.45) is 0 Å². The average molecular weight is 355 g/mol. The standard InChI is InChI=1S/C14H14FN3O3S2/c1-18(2)14(21)16-11-10(13(19)20)12(17-23-11)22-7-8-5-3-4-6-9(8)15/h3-6H,7H2,1-2H3,(H,16,21)(H,19,20). The van der Waals surface area contributed by atoms with Crippen molar-refractivity contribution in [3.63, 3.8) is 0 Å². The minimum absolute atomic E-state index is 0.0773. The monoisotopic (exact) mass is 355 g/mol. The zero-order valence-electron chi connectivity index (χ0n) is 12.4. The molecule has 0 unspecified atom stereocenters. The molecule has 23 heavy (non-hydrogen) atoms. The van der Waals surface area contributed by atoms with Crippen LogP contribution in [0.1, 0.15) is 15.9 Å². The van der Waals surface area contributed by atoms with Crippen LogP contribution < -0.4 is 5.32 Å². The van der Waals surface area contributed by atoms with Crippen LogP contribution >= 0.6 is 23.3 Å². The smallest absolute Gasteiger partial charge is 0.341 e. The number of carbonyl (C=O) groups is 2. The highest BCUT2D eigenvalue weighted by Crippen LogP contribution is 2.34. The quantitative estimate of drug-likeness (QED) is 0.804. The molecule has 9 heteroatoms. The van der Waals surface area contributed by atoms with Crippen LogP contribution in [0.4, 0.5) is 14.2 Å². The van der Waals surface area contributed by atoms with Crippen LogP contribution in [0.3, 0.4) is 0 Å². The minimum Gasteiger partial charge on any atom is -0.477 e. The number of anilines is 1. The Morgan fingerprint density at radius 3 is 2.70 bits per heavy atom. The van der Waals surface area contributed by atoms with E-state index >= 15 is 0 Å². The fraction of sp³-hybridized carbons (Fsp3) is 0.214. The Bertz CT molecular complexity index is 734. The van der Waals surface area contributed by atoms with Crippen molar-refractivity contribution in [2.75, 3.05) is 19.4 Å². The summed E-state index contributed by atoms with van der Waals surface area (Å²) in [4.78, 5) is 24.4. The number of carboxylic acids is 1. The lowest BCUT2D eigenvalue weighted by atomic mass is 10.2. The van der Waals surface area contributed by atoms with Gasteiger partial charge in [-0.25, -0.2) is 14.0 Å². The number of hydrogen-bond acceptors (Lipinski definition) is 5. The van der Waals surface area contributed by atoms with E-state index in [0.29, 0.717) is 5.56 Å². The van der Waals surface area contributed by atoms with Gasteiger partial charge in [-0.05, 0) is 23.2 Å². The van der Waals surface area contributed by atoms with E-state index in [0.717, 1.165) is 23.3 Å². The van der Waals surface area contributed by atoms with Gasteiger partial charge in [0, 0.05) is 19.8 Å². The van der Waals surface area contributed by atoms with Crippen molar-refractivity contribution in [1.29, 1.82) is 0 Å². The molecule has 0 aliphatic heterocycles. The second-order valence-corrected chi connectivity index (χ2v) is 6.44. The number of rotatable bonds is 5. The van der Waals surface area contributed by atoms with Crippen molar-refractivity contribution < 1.29 is 19.1 Å². The van der Waals surface area contributed by atoms with E-state index in [2.05, 4.69) is 9.69 Å². The third-order valence-corrected chi connectivity index (χ3v) is 4.73. The van der Waals surface area contributed by atoms with E-state index in [1.807, 2.05) is 0 Å². The second-order valence-electron chi connectivity index (χ2n) is 4.70. The number of aromatic carboxylic acids is 1. The maximum Gasteiger partial charge on any atom is 0.341 e. The second kappa shape index (κ2) is 7.42. The number of amides is 2. The van der Waals surface area contributed by atoms with Crippen LogP contribution in [-0.4, -0.2) is 40.5 Å². The fourth-order valence-electron chi connectivity index (χ4n) is 1.62. The van der Waals surface area contributed by atoms with Crippen LogP contribution in [0, 0.1) is 5.82 Å². The summed E-state index contributed by atoms with van der Waals surface area (Å²) in [7, 11) is 3.09. The Hall–Kier alpha value is -2.13. The fourth-order valence-corrected chi connectivity index (χ4v) is 3.54. The number of carbonyl (C=O) groups excluding carboxylic acids is 1. The summed E-state index contributed by atoms with van der Waals surface area (Å²) in [5.41, 5.74) is 0.382. The molecule has 0 saturated carbocycles. The van der Waals surface area contributed by atoms with Crippen LogP contribution in [0.25, 0.3) is 0 Å². The molecule has 0 saturated heterocycles. The average Bonchev–Trinajstić information content (AvgIpc) is 2.89. The predicted molar refractivity (Wildman–Crippen MR) is 87.7 cm³/mol. The molecule has 2 N–H and O–H groups in total. The van der Waals surface area contributed by atoms with Crippen LogP contribution in [0.5, 0.6) is 0 Å². The molecule has 0 radical (unpaired) electrons. The topological polar surface area (TPSA) is 82.5 Å². The molecular weight excluding hydrogens is 341 g/mol. The molecule has 2 rings (SSSR count). The molecule has 0 bridgehead atoms. The summed E-state index contributed by atoms with van der Waals surface area (Å²) in [5, 5.41) is 12.3. The third-order valence-electron chi connectivity index (χ3n) is 2.82. The predicted octanol–water partition coefficient (Wildman–Crippen LogP) is 3.37. The molecule has 0 aliphatic carbocycles. The Morgan fingerprint density at radius 1 is 1.39 bits per heavy atom. The van der Waals surface area contributed by atoms with Gasteiger partial charge in [-0.15, -0.1) is 0 Å². The van der Waals surface area contributed by atoms with Gasteiger partial charge < -0.3 is 10.0 Å². The molecule has 0 fully saturated rings. The minimum atomic E-state index is -1.19. The molecule has 1 heterocycles. The molecule has 122 valence electrons. The van der Waals surface area contributed by atoms with Crippen molar-refractivity contribution >= 4 is 40.3 Å².